The van der Waals surface area contributed by atoms with E-state index in [4.69, 9.17) is 4.74 Å². The van der Waals surface area contributed by atoms with Gasteiger partial charge in [0.15, 0.2) is 0 Å². The Morgan fingerprint density at radius 3 is 2.32 bits per heavy atom. The molecular formula is C14H26F3NO. The van der Waals surface area contributed by atoms with Gasteiger partial charge in [0, 0.05) is 19.6 Å². The second kappa shape index (κ2) is 6.93. The Bertz CT molecular complexity index is 260. The Balaban J connectivity index is 2.55. The normalized spacial score (nSPS) is 30.3. The summed E-state index contributed by atoms with van der Waals surface area (Å²) in [6.07, 6.45) is -0.0458. The molecule has 19 heavy (non-hydrogen) atoms. The summed E-state index contributed by atoms with van der Waals surface area (Å²) < 4.78 is 42.4. The molecule has 0 aromatic rings. The maximum absolute atomic E-state index is 12.2. The molecule has 1 fully saturated rings. The van der Waals surface area contributed by atoms with Crippen molar-refractivity contribution in [1.29, 1.82) is 0 Å². The van der Waals surface area contributed by atoms with E-state index in [1.165, 1.54) is 0 Å². The second-order valence-electron chi connectivity index (χ2n) is 5.80. The maximum Gasteiger partial charge on any atom is 0.389 e. The summed E-state index contributed by atoms with van der Waals surface area (Å²) in [6, 6.07) is 0.00681. The molecule has 0 heterocycles. The van der Waals surface area contributed by atoms with E-state index in [0.29, 0.717) is 12.3 Å². The third-order valence-corrected chi connectivity index (χ3v) is 4.46. The van der Waals surface area contributed by atoms with Crippen LogP contribution in [-0.2, 0) is 4.74 Å². The summed E-state index contributed by atoms with van der Waals surface area (Å²) in [5.41, 5.74) is -0.285. The van der Waals surface area contributed by atoms with E-state index < -0.39 is 12.6 Å². The summed E-state index contributed by atoms with van der Waals surface area (Å²) >= 11 is 0. The topological polar surface area (TPSA) is 21.3 Å². The first-order valence-corrected chi connectivity index (χ1v) is 7.12. The molecule has 1 N–H and O–H groups in total. The largest absolute Gasteiger partial charge is 0.389 e. The third-order valence-electron chi connectivity index (χ3n) is 4.46. The molecule has 1 aliphatic carbocycles. The third kappa shape index (κ3) is 4.95. The van der Waals surface area contributed by atoms with Crippen LogP contribution in [0.25, 0.3) is 0 Å². The maximum atomic E-state index is 12.2. The molecule has 2 nitrogen and oxygen atoms in total. The molecule has 0 aliphatic heterocycles. The van der Waals surface area contributed by atoms with Gasteiger partial charge in [0.05, 0.1) is 5.60 Å². The summed E-state index contributed by atoms with van der Waals surface area (Å²) in [6.45, 7) is 2.22. The van der Waals surface area contributed by atoms with E-state index in [1.807, 2.05) is 7.05 Å². The van der Waals surface area contributed by atoms with Crippen molar-refractivity contribution >= 4 is 0 Å². The molecule has 1 aliphatic rings. The molecule has 0 radical (unpaired) electrons. The highest BCUT2D eigenvalue weighted by molar-refractivity contribution is 4.95. The molecule has 0 spiro atoms. The van der Waals surface area contributed by atoms with Gasteiger partial charge in [-0.3, -0.25) is 0 Å². The molecule has 1 saturated carbocycles. The van der Waals surface area contributed by atoms with Gasteiger partial charge < -0.3 is 10.1 Å². The first-order chi connectivity index (χ1) is 8.83. The van der Waals surface area contributed by atoms with Gasteiger partial charge in [-0.1, -0.05) is 6.92 Å². The predicted octanol–water partition coefficient (Wildman–Crippen LogP) is 3.90. The highest BCUT2D eigenvalue weighted by Crippen LogP contribution is 2.38. The predicted molar refractivity (Wildman–Crippen MR) is 70.1 cm³/mol. The fraction of sp³-hybridized carbons (Fsp3) is 1.00. The summed E-state index contributed by atoms with van der Waals surface area (Å²) in [7, 11) is 3.50. The Hall–Kier alpha value is -0.290. The molecule has 0 saturated heterocycles. The Kier molecular flexibility index (Phi) is 6.12. The number of hydrogen-bond donors (Lipinski definition) is 1. The van der Waals surface area contributed by atoms with Crippen LogP contribution in [0, 0.1) is 5.92 Å². The smallest absolute Gasteiger partial charge is 0.377 e. The second-order valence-corrected chi connectivity index (χ2v) is 5.80. The van der Waals surface area contributed by atoms with Crippen molar-refractivity contribution in [2.45, 2.75) is 69.7 Å². The number of nitrogens with one attached hydrogen (secondary N) is 1. The van der Waals surface area contributed by atoms with E-state index >= 15 is 0 Å². The molecule has 114 valence electrons. The van der Waals surface area contributed by atoms with E-state index in [0.717, 1.165) is 25.7 Å². The van der Waals surface area contributed by atoms with Crippen LogP contribution in [0.5, 0.6) is 0 Å². The number of likely N-dealkylation sites (N-methyl/N-ethyl adjacent to an activating group) is 1. The number of alkyl halides is 3. The zero-order valence-electron chi connectivity index (χ0n) is 12.1. The highest BCUT2D eigenvalue weighted by Gasteiger charge is 2.41. The number of hydrogen-bond acceptors (Lipinski definition) is 2. The fourth-order valence-electron chi connectivity index (χ4n) is 3.12. The van der Waals surface area contributed by atoms with Gasteiger partial charge in [-0.25, -0.2) is 0 Å². The highest BCUT2D eigenvalue weighted by atomic mass is 19.4. The summed E-state index contributed by atoms with van der Waals surface area (Å²) in [5, 5.41) is 3.17. The molecule has 1 rings (SSSR count). The van der Waals surface area contributed by atoms with Gasteiger partial charge in [0.25, 0.3) is 0 Å². The van der Waals surface area contributed by atoms with Crippen molar-refractivity contribution in [3.05, 3.63) is 0 Å². The lowest BCUT2D eigenvalue weighted by Crippen LogP contribution is -2.52. The Morgan fingerprint density at radius 1 is 1.32 bits per heavy atom. The molecule has 1 atom stereocenters. The van der Waals surface area contributed by atoms with Gasteiger partial charge in [-0.05, 0) is 51.5 Å². The SMILES string of the molecule is CNC(CCCC(F)(F)F)C1(OC)CCC(C)CC1. The van der Waals surface area contributed by atoms with Gasteiger partial charge in [-0.15, -0.1) is 0 Å². The minimum absolute atomic E-state index is 0.00681. The van der Waals surface area contributed by atoms with E-state index in [2.05, 4.69) is 12.2 Å². The number of ether oxygens (including phenoxy) is 1. The van der Waals surface area contributed by atoms with E-state index in [9.17, 15) is 13.2 Å². The van der Waals surface area contributed by atoms with Crippen molar-refractivity contribution < 1.29 is 17.9 Å². The molecule has 5 heteroatoms. The van der Waals surface area contributed by atoms with Crippen LogP contribution >= 0.6 is 0 Å². The first kappa shape index (κ1) is 16.8. The average Bonchev–Trinajstić information content (AvgIpc) is 2.35. The van der Waals surface area contributed by atoms with Crippen LogP contribution in [0.4, 0.5) is 13.2 Å². The quantitative estimate of drug-likeness (QED) is 0.797. The summed E-state index contributed by atoms with van der Waals surface area (Å²) in [4.78, 5) is 0. The van der Waals surface area contributed by atoms with Crippen LogP contribution in [0.3, 0.4) is 0 Å². The van der Waals surface area contributed by atoms with Crippen molar-refractivity contribution in [2.75, 3.05) is 14.2 Å². The Labute approximate surface area is 114 Å². The lowest BCUT2D eigenvalue weighted by Gasteiger charge is -2.44. The molecule has 0 amide bonds. The molecular weight excluding hydrogens is 255 g/mol. The minimum atomic E-state index is -4.06. The average molecular weight is 281 g/mol. The number of rotatable bonds is 6. The lowest BCUT2D eigenvalue weighted by atomic mass is 9.74. The van der Waals surface area contributed by atoms with Crippen molar-refractivity contribution in [3.8, 4) is 0 Å². The van der Waals surface area contributed by atoms with Crippen LogP contribution < -0.4 is 5.32 Å². The zero-order chi connectivity index (χ0) is 14.5. The Morgan fingerprint density at radius 2 is 1.89 bits per heavy atom. The standard InChI is InChI=1S/C14H26F3NO/c1-11-6-9-13(19-3,10-7-11)12(18-2)5-4-8-14(15,16)17/h11-12,18H,4-10H2,1-3H3. The van der Waals surface area contributed by atoms with Crippen LogP contribution in [0.15, 0.2) is 0 Å². The zero-order valence-corrected chi connectivity index (χ0v) is 12.1. The van der Waals surface area contributed by atoms with Crippen LogP contribution in [0.2, 0.25) is 0 Å². The molecule has 0 aromatic heterocycles. The van der Waals surface area contributed by atoms with E-state index in [1.54, 1.807) is 7.11 Å². The van der Waals surface area contributed by atoms with Gasteiger partial charge in [-0.2, -0.15) is 13.2 Å². The number of halogens is 3. The lowest BCUT2D eigenvalue weighted by molar-refractivity contribution is -0.137. The molecule has 0 bridgehead atoms. The van der Waals surface area contributed by atoms with Crippen LogP contribution in [-0.4, -0.2) is 32.0 Å². The minimum Gasteiger partial charge on any atom is -0.377 e. The van der Waals surface area contributed by atoms with Crippen molar-refractivity contribution in [3.63, 3.8) is 0 Å². The van der Waals surface area contributed by atoms with Gasteiger partial charge in [0.2, 0.25) is 0 Å². The van der Waals surface area contributed by atoms with Gasteiger partial charge in [0.1, 0.15) is 0 Å². The van der Waals surface area contributed by atoms with Crippen molar-refractivity contribution in [2.24, 2.45) is 5.92 Å². The van der Waals surface area contributed by atoms with E-state index in [-0.39, 0.29) is 18.1 Å². The van der Waals surface area contributed by atoms with Crippen molar-refractivity contribution in [1.82, 2.24) is 5.32 Å². The fourth-order valence-corrected chi connectivity index (χ4v) is 3.12. The molecule has 1 unspecified atom stereocenters. The monoisotopic (exact) mass is 281 g/mol. The van der Waals surface area contributed by atoms with Crippen LogP contribution in [0.1, 0.15) is 51.9 Å². The first-order valence-electron chi connectivity index (χ1n) is 7.12. The molecule has 0 aromatic carbocycles. The number of methoxy groups -OCH3 is 1. The van der Waals surface area contributed by atoms with Gasteiger partial charge >= 0.3 is 6.18 Å². The summed E-state index contributed by atoms with van der Waals surface area (Å²) in [5.74, 6) is 0.691.